The van der Waals surface area contributed by atoms with Gasteiger partial charge in [-0.25, -0.2) is 0 Å². The molecule has 4 N–H and O–H groups in total. The van der Waals surface area contributed by atoms with Crippen molar-refractivity contribution in [2.45, 2.75) is 38.9 Å². The molecule has 80 valence electrons. The molecule has 4 nitrogen and oxygen atoms in total. The Hall–Kier alpha value is 0.0569. The van der Waals surface area contributed by atoms with Crippen molar-refractivity contribution < 1.29 is 8.85 Å². The molecule has 0 saturated carbocycles. The van der Waals surface area contributed by atoms with Gasteiger partial charge in [0.2, 0.25) is 0 Å². The molecule has 0 aromatic heterocycles. The van der Waals surface area contributed by atoms with Gasteiger partial charge in [-0.05, 0) is 27.3 Å². The zero-order chi connectivity index (χ0) is 10.5. The monoisotopic (exact) mass is 206 g/mol. The summed E-state index contributed by atoms with van der Waals surface area (Å²) in [6.07, 6.45) is 0. The first kappa shape index (κ1) is 13.1. The van der Waals surface area contributed by atoms with Crippen molar-refractivity contribution >= 4 is 9.28 Å². The fourth-order valence-corrected chi connectivity index (χ4v) is 2.00. The van der Waals surface area contributed by atoms with E-state index in [1.54, 1.807) is 0 Å². The summed E-state index contributed by atoms with van der Waals surface area (Å²) in [5, 5.41) is 0. The van der Waals surface area contributed by atoms with E-state index in [9.17, 15) is 0 Å². The first-order valence-corrected chi connectivity index (χ1v) is 6.68. The van der Waals surface area contributed by atoms with Crippen molar-refractivity contribution in [3.05, 3.63) is 0 Å². The van der Waals surface area contributed by atoms with Gasteiger partial charge in [-0.1, -0.05) is 0 Å². The maximum absolute atomic E-state index is 5.76. The van der Waals surface area contributed by atoms with Crippen LogP contribution in [0.2, 0.25) is 6.55 Å². The van der Waals surface area contributed by atoms with E-state index in [0.29, 0.717) is 13.2 Å². The molecule has 13 heavy (non-hydrogen) atoms. The highest BCUT2D eigenvalue weighted by atomic mass is 28.3. The van der Waals surface area contributed by atoms with E-state index in [0.717, 1.165) is 0 Å². The highest BCUT2D eigenvalue weighted by Gasteiger charge is 2.14. The van der Waals surface area contributed by atoms with Gasteiger partial charge in [0, 0.05) is 11.6 Å². The fourth-order valence-electron chi connectivity index (χ4n) is 0.668. The van der Waals surface area contributed by atoms with Gasteiger partial charge in [0.25, 0.3) is 0 Å². The second-order valence-electron chi connectivity index (χ2n) is 4.18. The summed E-state index contributed by atoms with van der Waals surface area (Å²) in [5.41, 5.74) is 11.0. The van der Waals surface area contributed by atoms with Crippen LogP contribution in [0.3, 0.4) is 0 Å². The molecule has 0 radical (unpaired) electrons. The van der Waals surface area contributed by atoms with Gasteiger partial charge in [0.1, 0.15) is 0 Å². The molecule has 0 aromatic carbocycles. The molecule has 0 rings (SSSR count). The van der Waals surface area contributed by atoms with Crippen LogP contribution in [0.5, 0.6) is 0 Å². The molecule has 0 aliphatic rings. The summed E-state index contributed by atoms with van der Waals surface area (Å²) < 4.78 is 10.9. The van der Waals surface area contributed by atoms with Crippen molar-refractivity contribution in [1.82, 2.24) is 0 Å². The van der Waals surface area contributed by atoms with Crippen LogP contribution in [-0.2, 0) is 8.85 Å². The largest absolute Gasteiger partial charge is 0.395 e. The Labute approximate surface area is 82.4 Å². The zero-order valence-electron chi connectivity index (χ0n) is 9.04. The smallest absolute Gasteiger partial charge is 0.318 e. The van der Waals surface area contributed by atoms with Gasteiger partial charge in [-0.3, -0.25) is 0 Å². The van der Waals surface area contributed by atoms with Crippen LogP contribution < -0.4 is 11.5 Å². The minimum Gasteiger partial charge on any atom is -0.395 e. The second-order valence-corrected chi connectivity index (χ2v) is 5.98. The Bertz CT molecular complexity index is 137. The van der Waals surface area contributed by atoms with Gasteiger partial charge in [-0.15, -0.1) is 0 Å². The van der Waals surface area contributed by atoms with Crippen molar-refractivity contribution in [3.63, 3.8) is 0 Å². The molecule has 2 unspecified atom stereocenters. The van der Waals surface area contributed by atoms with Gasteiger partial charge < -0.3 is 20.3 Å². The Balaban J connectivity index is 3.46. The van der Waals surface area contributed by atoms with Crippen LogP contribution in [0.15, 0.2) is 0 Å². The molecule has 0 heterocycles. The van der Waals surface area contributed by atoms with E-state index < -0.39 is 9.28 Å². The van der Waals surface area contributed by atoms with Crippen molar-refractivity contribution in [1.29, 1.82) is 0 Å². The summed E-state index contributed by atoms with van der Waals surface area (Å²) in [5.74, 6) is 0. The van der Waals surface area contributed by atoms with Crippen LogP contribution in [-0.4, -0.2) is 34.1 Å². The molecule has 0 aliphatic heterocycles. The average molecular weight is 206 g/mol. The summed E-state index contributed by atoms with van der Waals surface area (Å²) >= 11 is 0. The lowest BCUT2D eigenvalue weighted by Crippen LogP contribution is -2.40. The SMILES string of the molecule is CC(N)CO[SiH](C)OCC(C)(C)N. The quantitative estimate of drug-likeness (QED) is 0.598. The third-order valence-electron chi connectivity index (χ3n) is 1.28. The van der Waals surface area contributed by atoms with E-state index in [2.05, 4.69) is 0 Å². The van der Waals surface area contributed by atoms with Crippen molar-refractivity contribution in [3.8, 4) is 0 Å². The average Bonchev–Trinajstić information content (AvgIpc) is 1.95. The molecule has 2 atom stereocenters. The number of hydrogen-bond acceptors (Lipinski definition) is 4. The van der Waals surface area contributed by atoms with E-state index in [4.69, 9.17) is 20.3 Å². The number of hydrogen-bond donors (Lipinski definition) is 2. The lowest BCUT2D eigenvalue weighted by molar-refractivity contribution is 0.166. The predicted molar refractivity (Wildman–Crippen MR) is 56.8 cm³/mol. The number of rotatable bonds is 6. The summed E-state index contributed by atoms with van der Waals surface area (Å²) in [4.78, 5) is 0. The molecule has 0 saturated heterocycles. The third-order valence-corrected chi connectivity index (χ3v) is 2.58. The Morgan fingerprint density at radius 1 is 1.38 bits per heavy atom. The molecule has 0 aliphatic carbocycles. The van der Waals surface area contributed by atoms with Gasteiger partial charge in [-0.2, -0.15) is 0 Å². The normalized spacial score (nSPS) is 17.1. The third kappa shape index (κ3) is 9.97. The lowest BCUT2D eigenvalue weighted by atomic mass is 10.1. The van der Waals surface area contributed by atoms with Crippen LogP contribution in [0.4, 0.5) is 0 Å². The number of nitrogens with two attached hydrogens (primary N) is 2. The summed E-state index contributed by atoms with van der Waals surface area (Å²) in [7, 11) is -1.52. The molecule has 0 spiro atoms. The zero-order valence-corrected chi connectivity index (χ0v) is 10.2. The minimum absolute atomic E-state index is 0.0736. The second kappa shape index (κ2) is 5.72. The molecule has 0 amide bonds. The highest BCUT2D eigenvalue weighted by Crippen LogP contribution is 1.99. The maximum atomic E-state index is 5.76. The van der Waals surface area contributed by atoms with Gasteiger partial charge in [0.15, 0.2) is 0 Å². The Morgan fingerprint density at radius 3 is 2.31 bits per heavy atom. The predicted octanol–water partition coefficient (Wildman–Crippen LogP) is -0.0456. The fraction of sp³-hybridized carbons (Fsp3) is 1.00. The first-order valence-electron chi connectivity index (χ1n) is 4.59. The van der Waals surface area contributed by atoms with Crippen LogP contribution in [0.1, 0.15) is 20.8 Å². The van der Waals surface area contributed by atoms with Gasteiger partial charge >= 0.3 is 9.28 Å². The highest BCUT2D eigenvalue weighted by molar-refractivity contribution is 6.42. The Morgan fingerprint density at radius 2 is 1.92 bits per heavy atom. The minimum atomic E-state index is -1.52. The van der Waals surface area contributed by atoms with Crippen molar-refractivity contribution in [2.24, 2.45) is 11.5 Å². The molecule has 0 fully saturated rings. The van der Waals surface area contributed by atoms with E-state index in [1.807, 2.05) is 27.3 Å². The molecule has 5 heteroatoms. The Kier molecular flexibility index (Phi) is 5.74. The molecular formula is C8H22N2O2Si. The lowest BCUT2D eigenvalue weighted by Gasteiger charge is -2.21. The van der Waals surface area contributed by atoms with E-state index >= 15 is 0 Å². The van der Waals surface area contributed by atoms with Crippen LogP contribution in [0.25, 0.3) is 0 Å². The maximum Gasteiger partial charge on any atom is 0.318 e. The molecule has 0 bridgehead atoms. The molecular weight excluding hydrogens is 184 g/mol. The first-order chi connectivity index (χ1) is 5.81. The molecule has 0 aromatic rings. The topological polar surface area (TPSA) is 70.5 Å². The van der Waals surface area contributed by atoms with Crippen molar-refractivity contribution in [2.75, 3.05) is 13.2 Å². The standard InChI is InChI=1S/C8H22N2O2Si/c1-7(9)5-11-13(4)12-6-8(2,3)10/h7,13H,5-6,9-10H2,1-4H3. The summed E-state index contributed by atoms with van der Waals surface area (Å²) in [6.45, 7) is 8.86. The van der Waals surface area contributed by atoms with E-state index in [-0.39, 0.29) is 11.6 Å². The van der Waals surface area contributed by atoms with Crippen LogP contribution >= 0.6 is 0 Å². The summed E-state index contributed by atoms with van der Waals surface area (Å²) in [6, 6.07) is 0.0736. The van der Waals surface area contributed by atoms with Crippen LogP contribution in [0, 0.1) is 0 Å². The van der Waals surface area contributed by atoms with E-state index in [1.165, 1.54) is 0 Å². The van der Waals surface area contributed by atoms with Gasteiger partial charge in [0.05, 0.1) is 13.2 Å².